The Labute approximate surface area is 169 Å². The maximum atomic E-state index is 11.9. The summed E-state index contributed by atoms with van der Waals surface area (Å²) in [5.41, 5.74) is 4.72. The Kier molecular flexibility index (Phi) is 7.41. The molecule has 3 N–H and O–H groups in total. The van der Waals surface area contributed by atoms with Crippen LogP contribution in [0, 0.1) is 10.5 Å². The van der Waals surface area contributed by atoms with E-state index in [2.05, 4.69) is 15.8 Å². The fourth-order valence-corrected chi connectivity index (χ4v) is 2.92. The number of methoxy groups -OCH3 is 1. The van der Waals surface area contributed by atoms with Crippen LogP contribution in [0.2, 0.25) is 0 Å². The molecule has 2 aromatic rings. The lowest BCUT2D eigenvalue weighted by atomic mass is 10.2. The third-order valence-corrected chi connectivity index (χ3v) is 4.05. The molecule has 0 bridgehead atoms. The standard InChI is InChI=1S/C18H18IN3O5/c1-11-4-3-5-13(6-11)21-18(25)22-20-9-12-7-14(19)17(15(8-12)26-2)27-10-16(23)24/h3-9H,10H2,1-2H3,(H,23,24)(H2,21,22,25)/b20-9+. The van der Waals surface area contributed by atoms with Crippen LogP contribution in [0.1, 0.15) is 11.1 Å². The van der Waals surface area contributed by atoms with Crippen LogP contribution in [0.3, 0.4) is 0 Å². The number of nitrogens with zero attached hydrogens (tertiary/aromatic N) is 1. The molecule has 0 heterocycles. The summed E-state index contributed by atoms with van der Waals surface area (Å²) in [5, 5.41) is 15.3. The molecule has 8 nitrogen and oxygen atoms in total. The van der Waals surface area contributed by atoms with Gasteiger partial charge >= 0.3 is 12.0 Å². The lowest BCUT2D eigenvalue weighted by molar-refractivity contribution is -0.139. The number of carbonyl (C=O) groups is 2. The van der Waals surface area contributed by atoms with Gasteiger partial charge in [-0.3, -0.25) is 0 Å². The maximum Gasteiger partial charge on any atom is 0.341 e. The first-order chi connectivity index (χ1) is 12.9. The number of ether oxygens (including phenoxy) is 2. The molecular weight excluding hydrogens is 465 g/mol. The zero-order chi connectivity index (χ0) is 19.8. The topological polar surface area (TPSA) is 109 Å². The van der Waals surface area contributed by atoms with Crippen molar-refractivity contribution < 1.29 is 24.2 Å². The van der Waals surface area contributed by atoms with Crippen LogP contribution in [-0.4, -0.2) is 37.0 Å². The molecule has 0 radical (unpaired) electrons. The fourth-order valence-electron chi connectivity index (χ4n) is 2.14. The van der Waals surface area contributed by atoms with E-state index in [-0.39, 0.29) is 0 Å². The molecule has 9 heteroatoms. The van der Waals surface area contributed by atoms with Crippen LogP contribution in [0.4, 0.5) is 10.5 Å². The molecule has 2 amide bonds. The highest BCUT2D eigenvalue weighted by Crippen LogP contribution is 2.33. The highest BCUT2D eigenvalue weighted by molar-refractivity contribution is 14.1. The van der Waals surface area contributed by atoms with Gasteiger partial charge in [-0.25, -0.2) is 15.0 Å². The predicted octanol–water partition coefficient (Wildman–Crippen LogP) is 3.23. The average Bonchev–Trinajstić information content (AvgIpc) is 2.60. The molecule has 0 fully saturated rings. The molecule has 2 rings (SSSR count). The molecule has 0 aliphatic carbocycles. The third-order valence-electron chi connectivity index (χ3n) is 3.25. The second kappa shape index (κ2) is 9.76. The number of carboxylic acid groups (broad SMARTS) is 1. The number of halogens is 1. The molecule has 27 heavy (non-hydrogen) atoms. The van der Waals surface area contributed by atoms with E-state index in [0.29, 0.717) is 26.3 Å². The molecule has 0 aliphatic heterocycles. The summed E-state index contributed by atoms with van der Waals surface area (Å²) < 4.78 is 11.1. The van der Waals surface area contributed by atoms with E-state index in [9.17, 15) is 9.59 Å². The molecule has 0 spiro atoms. The molecule has 0 saturated heterocycles. The van der Waals surface area contributed by atoms with Crippen molar-refractivity contribution in [3.05, 3.63) is 51.1 Å². The Morgan fingerprint density at radius 2 is 2.07 bits per heavy atom. The average molecular weight is 483 g/mol. The van der Waals surface area contributed by atoms with Gasteiger partial charge in [-0.05, 0) is 64.9 Å². The largest absolute Gasteiger partial charge is 0.493 e. The van der Waals surface area contributed by atoms with Gasteiger partial charge in [-0.2, -0.15) is 5.10 Å². The summed E-state index contributed by atoms with van der Waals surface area (Å²) in [4.78, 5) is 22.5. The number of nitrogens with one attached hydrogen (secondary N) is 2. The maximum absolute atomic E-state index is 11.9. The van der Waals surface area contributed by atoms with Gasteiger partial charge < -0.3 is 19.9 Å². The van der Waals surface area contributed by atoms with Gasteiger partial charge in [-0.15, -0.1) is 0 Å². The monoisotopic (exact) mass is 483 g/mol. The summed E-state index contributed by atoms with van der Waals surface area (Å²) in [6, 6.07) is 10.3. The molecule has 0 unspecified atom stereocenters. The van der Waals surface area contributed by atoms with Gasteiger partial charge in [0.15, 0.2) is 18.1 Å². The quantitative estimate of drug-likeness (QED) is 0.319. The SMILES string of the molecule is COc1cc(/C=N/NC(=O)Nc2cccc(C)c2)cc(I)c1OCC(=O)O. The number of carbonyl (C=O) groups excluding carboxylic acids is 1. The summed E-state index contributed by atoms with van der Waals surface area (Å²) in [6.45, 7) is 1.46. The van der Waals surface area contributed by atoms with Crippen molar-refractivity contribution in [1.82, 2.24) is 5.43 Å². The predicted molar refractivity (Wildman–Crippen MR) is 110 cm³/mol. The lowest BCUT2D eigenvalue weighted by Gasteiger charge is -2.12. The van der Waals surface area contributed by atoms with E-state index in [1.54, 1.807) is 18.2 Å². The minimum Gasteiger partial charge on any atom is -0.493 e. The number of urea groups is 1. The van der Waals surface area contributed by atoms with Crippen LogP contribution in [0.5, 0.6) is 11.5 Å². The zero-order valence-electron chi connectivity index (χ0n) is 14.7. The normalized spacial score (nSPS) is 10.5. The number of aryl methyl sites for hydroxylation is 1. The first-order valence-corrected chi connectivity index (χ1v) is 8.85. The number of anilines is 1. The number of hydrogen-bond donors (Lipinski definition) is 3. The minimum absolute atomic E-state index is 0.336. The van der Waals surface area contributed by atoms with Gasteiger partial charge in [0.2, 0.25) is 0 Å². The molecule has 0 aromatic heterocycles. The van der Waals surface area contributed by atoms with Crippen LogP contribution < -0.4 is 20.2 Å². The molecule has 2 aromatic carbocycles. The van der Waals surface area contributed by atoms with Crippen LogP contribution in [0.15, 0.2) is 41.5 Å². The van der Waals surface area contributed by atoms with E-state index in [1.807, 2.05) is 47.7 Å². The molecular formula is C18H18IN3O5. The fraction of sp³-hybridized carbons (Fsp3) is 0.167. The van der Waals surface area contributed by atoms with Gasteiger partial charge in [-0.1, -0.05) is 12.1 Å². The first kappa shape index (κ1) is 20.5. The second-order valence-electron chi connectivity index (χ2n) is 5.41. The number of hydrogen-bond acceptors (Lipinski definition) is 5. The summed E-state index contributed by atoms with van der Waals surface area (Å²) >= 11 is 2.01. The Bertz CT molecular complexity index is 870. The smallest absolute Gasteiger partial charge is 0.341 e. The van der Waals surface area contributed by atoms with E-state index >= 15 is 0 Å². The highest BCUT2D eigenvalue weighted by atomic mass is 127. The number of amides is 2. The van der Waals surface area contributed by atoms with E-state index in [4.69, 9.17) is 14.6 Å². The Hall–Kier alpha value is -2.82. The third kappa shape index (κ3) is 6.44. The molecule has 0 aliphatic rings. The van der Waals surface area contributed by atoms with E-state index < -0.39 is 18.6 Å². The van der Waals surface area contributed by atoms with Crippen molar-refractivity contribution in [2.24, 2.45) is 5.10 Å². The van der Waals surface area contributed by atoms with Crippen molar-refractivity contribution in [2.75, 3.05) is 19.0 Å². The highest BCUT2D eigenvalue weighted by Gasteiger charge is 2.12. The zero-order valence-corrected chi connectivity index (χ0v) is 16.8. The summed E-state index contributed by atoms with van der Waals surface area (Å²) in [6.07, 6.45) is 1.45. The number of carboxylic acids is 1. The van der Waals surface area contributed by atoms with Gasteiger partial charge in [0.05, 0.1) is 16.9 Å². The first-order valence-electron chi connectivity index (χ1n) is 7.78. The number of benzene rings is 2. The number of hydrazone groups is 1. The van der Waals surface area contributed by atoms with Gasteiger partial charge in [0.1, 0.15) is 0 Å². The van der Waals surface area contributed by atoms with Crippen LogP contribution in [0.25, 0.3) is 0 Å². The Morgan fingerprint density at radius 3 is 2.74 bits per heavy atom. The van der Waals surface area contributed by atoms with Crippen molar-refractivity contribution >= 4 is 46.5 Å². The summed E-state index contributed by atoms with van der Waals surface area (Å²) in [5.74, 6) is -0.376. The Balaban J connectivity index is 2.02. The van der Waals surface area contributed by atoms with E-state index in [0.717, 1.165) is 5.56 Å². The molecule has 142 valence electrons. The van der Waals surface area contributed by atoms with Crippen molar-refractivity contribution in [3.8, 4) is 11.5 Å². The van der Waals surface area contributed by atoms with Crippen molar-refractivity contribution in [1.29, 1.82) is 0 Å². The lowest BCUT2D eigenvalue weighted by Crippen LogP contribution is -2.24. The van der Waals surface area contributed by atoms with Crippen molar-refractivity contribution in [2.45, 2.75) is 6.92 Å². The second-order valence-corrected chi connectivity index (χ2v) is 6.57. The summed E-state index contributed by atoms with van der Waals surface area (Å²) in [7, 11) is 1.45. The van der Waals surface area contributed by atoms with Gasteiger partial charge in [0, 0.05) is 5.69 Å². The molecule has 0 saturated carbocycles. The molecule has 0 atom stereocenters. The van der Waals surface area contributed by atoms with E-state index in [1.165, 1.54) is 13.3 Å². The Morgan fingerprint density at radius 1 is 1.30 bits per heavy atom. The van der Waals surface area contributed by atoms with Crippen LogP contribution in [-0.2, 0) is 4.79 Å². The minimum atomic E-state index is -1.08. The van der Waals surface area contributed by atoms with Crippen molar-refractivity contribution in [3.63, 3.8) is 0 Å². The van der Waals surface area contributed by atoms with Gasteiger partial charge in [0.25, 0.3) is 0 Å². The van der Waals surface area contributed by atoms with Crippen LogP contribution >= 0.6 is 22.6 Å². The number of aliphatic carboxylic acids is 1. The number of rotatable bonds is 7.